The molecular weight excluding hydrogens is 353 g/mol. The molecule has 3 rings (SSSR count). The van der Waals surface area contributed by atoms with E-state index < -0.39 is 6.03 Å². The number of carbonyl (C=O) groups excluding carboxylic acids is 2. The van der Waals surface area contributed by atoms with Crippen molar-refractivity contribution in [2.75, 3.05) is 38.2 Å². The van der Waals surface area contributed by atoms with Gasteiger partial charge in [0.2, 0.25) is 5.91 Å². The van der Waals surface area contributed by atoms with Crippen LogP contribution in [0.4, 0.5) is 15.0 Å². The third-order valence-corrected chi connectivity index (χ3v) is 4.13. The summed E-state index contributed by atoms with van der Waals surface area (Å²) in [6.07, 6.45) is 2.16. The Kier molecular flexibility index (Phi) is 6.37. The lowest BCUT2D eigenvalue weighted by atomic mass is 10.1. The van der Waals surface area contributed by atoms with Crippen molar-refractivity contribution in [1.82, 2.24) is 20.0 Å². The van der Waals surface area contributed by atoms with Crippen LogP contribution in [0, 0.1) is 5.82 Å². The minimum Gasteiger partial charge on any atom is -0.378 e. The highest BCUT2D eigenvalue weighted by molar-refractivity contribution is 5.88. The van der Waals surface area contributed by atoms with E-state index in [4.69, 9.17) is 4.74 Å². The molecular formula is C18H22FN5O3. The van der Waals surface area contributed by atoms with Crippen LogP contribution in [0.1, 0.15) is 5.56 Å². The van der Waals surface area contributed by atoms with Crippen LogP contribution in [0.15, 0.2) is 36.5 Å². The standard InChI is InChI=1S/C18H22FN5O3/c19-15-3-1-2-14(12-15)4-6-20-18(26)21-16-5-7-24(22-16)13-17(25)23-8-10-27-11-9-23/h1-3,5,7,12H,4,6,8-11,13H2,(H2,20,21,22,26). The number of benzene rings is 1. The van der Waals surface area contributed by atoms with E-state index in [0.717, 1.165) is 5.56 Å². The summed E-state index contributed by atoms with van der Waals surface area (Å²) in [5.41, 5.74) is 0.807. The molecule has 1 aliphatic rings. The Morgan fingerprint density at radius 3 is 2.81 bits per heavy atom. The quantitative estimate of drug-likeness (QED) is 0.795. The molecule has 9 heteroatoms. The van der Waals surface area contributed by atoms with Crippen LogP contribution >= 0.6 is 0 Å². The Hall–Kier alpha value is -2.94. The lowest BCUT2D eigenvalue weighted by Gasteiger charge is -2.26. The Morgan fingerprint density at radius 2 is 2.04 bits per heavy atom. The summed E-state index contributed by atoms with van der Waals surface area (Å²) in [7, 11) is 0. The fraction of sp³-hybridized carbons (Fsp3) is 0.389. The number of halogens is 1. The summed E-state index contributed by atoms with van der Waals surface area (Å²) >= 11 is 0. The molecule has 0 unspecified atom stereocenters. The number of hydrogen-bond donors (Lipinski definition) is 2. The van der Waals surface area contributed by atoms with Crippen LogP contribution < -0.4 is 10.6 Å². The van der Waals surface area contributed by atoms with E-state index in [1.54, 1.807) is 29.3 Å². The van der Waals surface area contributed by atoms with Crippen molar-refractivity contribution in [2.45, 2.75) is 13.0 Å². The number of morpholine rings is 1. The van der Waals surface area contributed by atoms with Crippen molar-refractivity contribution in [2.24, 2.45) is 0 Å². The van der Waals surface area contributed by atoms with E-state index in [1.165, 1.54) is 16.8 Å². The number of amides is 3. The van der Waals surface area contributed by atoms with E-state index in [1.807, 2.05) is 0 Å². The first-order valence-corrected chi connectivity index (χ1v) is 8.78. The highest BCUT2D eigenvalue weighted by Gasteiger charge is 2.17. The van der Waals surface area contributed by atoms with Gasteiger partial charge in [-0.15, -0.1) is 0 Å². The van der Waals surface area contributed by atoms with Gasteiger partial charge in [-0.1, -0.05) is 12.1 Å². The molecule has 0 radical (unpaired) electrons. The van der Waals surface area contributed by atoms with Crippen LogP contribution in [0.25, 0.3) is 0 Å². The molecule has 3 amide bonds. The van der Waals surface area contributed by atoms with E-state index in [-0.39, 0.29) is 18.3 Å². The highest BCUT2D eigenvalue weighted by Crippen LogP contribution is 2.05. The molecule has 144 valence electrons. The monoisotopic (exact) mass is 375 g/mol. The van der Waals surface area contributed by atoms with E-state index >= 15 is 0 Å². The molecule has 2 heterocycles. The average Bonchev–Trinajstić information content (AvgIpc) is 3.09. The van der Waals surface area contributed by atoms with Gasteiger partial charge in [-0.25, -0.2) is 9.18 Å². The molecule has 0 saturated carbocycles. The summed E-state index contributed by atoms with van der Waals surface area (Å²) in [5, 5.41) is 9.48. The Bertz CT molecular complexity index is 789. The topological polar surface area (TPSA) is 88.5 Å². The van der Waals surface area contributed by atoms with Gasteiger partial charge in [0.05, 0.1) is 13.2 Å². The summed E-state index contributed by atoms with van der Waals surface area (Å²) in [6.45, 7) is 2.74. The van der Waals surface area contributed by atoms with E-state index in [0.29, 0.717) is 45.1 Å². The zero-order valence-corrected chi connectivity index (χ0v) is 14.9. The maximum absolute atomic E-state index is 13.1. The van der Waals surface area contributed by atoms with E-state index in [9.17, 15) is 14.0 Å². The minimum absolute atomic E-state index is 0.0347. The molecule has 2 N–H and O–H groups in total. The number of ether oxygens (including phenoxy) is 1. The Balaban J connectivity index is 1.41. The van der Waals surface area contributed by atoms with Crippen LogP contribution in [0.5, 0.6) is 0 Å². The van der Waals surface area contributed by atoms with Crippen molar-refractivity contribution in [1.29, 1.82) is 0 Å². The normalized spacial score (nSPS) is 14.0. The van der Waals surface area contributed by atoms with Crippen LogP contribution in [0.3, 0.4) is 0 Å². The first-order chi connectivity index (χ1) is 13.1. The third-order valence-electron chi connectivity index (χ3n) is 4.13. The lowest BCUT2D eigenvalue weighted by Crippen LogP contribution is -2.42. The number of rotatable bonds is 6. The summed E-state index contributed by atoms with van der Waals surface area (Å²) in [6, 6.07) is 7.47. The first-order valence-electron chi connectivity index (χ1n) is 8.78. The zero-order valence-electron chi connectivity index (χ0n) is 14.9. The van der Waals surface area contributed by atoms with Gasteiger partial charge >= 0.3 is 6.03 Å². The van der Waals surface area contributed by atoms with Crippen LogP contribution in [-0.2, 0) is 22.5 Å². The number of anilines is 1. The van der Waals surface area contributed by atoms with Gasteiger partial charge in [-0.3, -0.25) is 14.8 Å². The molecule has 1 aliphatic heterocycles. The Labute approximate surface area is 156 Å². The van der Waals surface area contributed by atoms with Gasteiger partial charge in [0.1, 0.15) is 12.4 Å². The first kappa shape index (κ1) is 18.8. The maximum Gasteiger partial charge on any atom is 0.320 e. The lowest BCUT2D eigenvalue weighted by molar-refractivity contribution is -0.136. The van der Waals surface area contributed by atoms with Crippen molar-refractivity contribution in [3.8, 4) is 0 Å². The maximum atomic E-state index is 13.1. The summed E-state index contributed by atoms with van der Waals surface area (Å²) < 4.78 is 19.8. The third kappa shape index (κ3) is 5.78. The van der Waals surface area contributed by atoms with E-state index in [2.05, 4.69) is 15.7 Å². The molecule has 1 aromatic carbocycles. The van der Waals surface area contributed by atoms with Gasteiger partial charge in [-0.05, 0) is 24.1 Å². The summed E-state index contributed by atoms with van der Waals surface area (Å²) in [4.78, 5) is 25.8. The fourth-order valence-corrected chi connectivity index (χ4v) is 2.74. The van der Waals surface area contributed by atoms with Crippen molar-refractivity contribution < 1.29 is 18.7 Å². The average molecular weight is 375 g/mol. The molecule has 27 heavy (non-hydrogen) atoms. The van der Waals surface area contributed by atoms with Gasteiger partial charge in [0, 0.05) is 31.9 Å². The van der Waals surface area contributed by atoms with Gasteiger partial charge < -0.3 is 15.0 Å². The fourth-order valence-electron chi connectivity index (χ4n) is 2.74. The molecule has 8 nitrogen and oxygen atoms in total. The molecule has 0 atom stereocenters. The number of carbonyl (C=O) groups is 2. The number of aromatic nitrogens is 2. The minimum atomic E-state index is -0.406. The summed E-state index contributed by atoms with van der Waals surface area (Å²) in [5.74, 6) is 0.0228. The molecule has 0 aliphatic carbocycles. The molecule has 1 aromatic heterocycles. The van der Waals surface area contributed by atoms with Gasteiger partial charge in [0.25, 0.3) is 0 Å². The Morgan fingerprint density at radius 1 is 1.22 bits per heavy atom. The zero-order chi connectivity index (χ0) is 19.1. The second-order valence-corrected chi connectivity index (χ2v) is 6.15. The molecule has 0 bridgehead atoms. The van der Waals surface area contributed by atoms with Crippen molar-refractivity contribution in [3.05, 3.63) is 47.9 Å². The smallest absolute Gasteiger partial charge is 0.320 e. The van der Waals surface area contributed by atoms with Crippen molar-refractivity contribution >= 4 is 17.8 Å². The number of nitrogens with zero attached hydrogens (tertiary/aromatic N) is 3. The predicted octanol–water partition coefficient (Wildman–Crippen LogP) is 1.25. The van der Waals surface area contributed by atoms with Gasteiger partial charge in [-0.2, -0.15) is 5.10 Å². The molecule has 1 saturated heterocycles. The predicted molar refractivity (Wildman–Crippen MR) is 96.8 cm³/mol. The highest BCUT2D eigenvalue weighted by atomic mass is 19.1. The SMILES string of the molecule is O=C(NCCc1cccc(F)c1)Nc1ccn(CC(=O)N2CCOCC2)n1. The van der Waals surface area contributed by atoms with Crippen LogP contribution in [-0.4, -0.2) is 59.5 Å². The number of urea groups is 1. The number of hydrogen-bond acceptors (Lipinski definition) is 4. The second kappa shape index (κ2) is 9.13. The largest absolute Gasteiger partial charge is 0.378 e. The number of nitrogens with one attached hydrogen (secondary N) is 2. The van der Waals surface area contributed by atoms with Gasteiger partial charge in [0.15, 0.2) is 5.82 Å². The van der Waals surface area contributed by atoms with Crippen LogP contribution in [0.2, 0.25) is 0 Å². The molecule has 1 fully saturated rings. The second-order valence-electron chi connectivity index (χ2n) is 6.15. The van der Waals surface area contributed by atoms with Crippen molar-refractivity contribution in [3.63, 3.8) is 0 Å². The molecule has 2 aromatic rings. The molecule has 0 spiro atoms.